The Hall–Kier alpha value is -1.40. The van der Waals surface area contributed by atoms with E-state index in [1.807, 2.05) is 27.7 Å². The summed E-state index contributed by atoms with van der Waals surface area (Å²) in [7, 11) is -3.54. The molecule has 0 aliphatic rings. The molecule has 0 radical (unpaired) electrons. The highest BCUT2D eigenvalue weighted by atomic mass is 32.2. The van der Waals surface area contributed by atoms with Gasteiger partial charge in [-0.1, -0.05) is 19.9 Å². The van der Waals surface area contributed by atoms with Crippen LogP contribution >= 0.6 is 0 Å². The molecule has 124 valence electrons. The van der Waals surface area contributed by atoms with Crippen LogP contribution in [0.5, 0.6) is 0 Å². The van der Waals surface area contributed by atoms with E-state index >= 15 is 0 Å². The van der Waals surface area contributed by atoms with Gasteiger partial charge < -0.3 is 4.90 Å². The van der Waals surface area contributed by atoms with Crippen LogP contribution in [0.15, 0.2) is 23.1 Å². The lowest BCUT2D eigenvalue weighted by Gasteiger charge is -2.23. The first-order valence-corrected chi connectivity index (χ1v) is 8.94. The van der Waals surface area contributed by atoms with Crippen LogP contribution in [-0.2, 0) is 14.8 Å². The fourth-order valence-electron chi connectivity index (χ4n) is 2.10. The van der Waals surface area contributed by atoms with E-state index in [0.717, 1.165) is 11.1 Å². The van der Waals surface area contributed by atoms with Crippen molar-refractivity contribution in [2.24, 2.45) is 5.92 Å². The third-order valence-corrected chi connectivity index (χ3v) is 4.95. The zero-order chi connectivity index (χ0) is 16.9. The van der Waals surface area contributed by atoms with Gasteiger partial charge in [0, 0.05) is 26.6 Å². The summed E-state index contributed by atoms with van der Waals surface area (Å²) in [4.78, 5) is 13.5. The zero-order valence-electron chi connectivity index (χ0n) is 14.0. The molecule has 6 heteroatoms. The average molecular weight is 326 g/mol. The summed E-state index contributed by atoms with van der Waals surface area (Å²) in [5.74, 6) is 0.305. The van der Waals surface area contributed by atoms with Gasteiger partial charge in [-0.3, -0.25) is 4.79 Å². The molecule has 1 N–H and O–H groups in total. The highest BCUT2D eigenvalue weighted by Gasteiger charge is 2.16. The van der Waals surface area contributed by atoms with Gasteiger partial charge in [0.25, 0.3) is 0 Å². The second-order valence-corrected chi connectivity index (χ2v) is 7.77. The number of nitrogens with one attached hydrogen (secondary N) is 1. The summed E-state index contributed by atoms with van der Waals surface area (Å²) in [5.41, 5.74) is 1.99. The number of rotatable bonds is 7. The van der Waals surface area contributed by atoms with Gasteiger partial charge >= 0.3 is 0 Å². The number of carbonyl (C=O) groups is 1. The third kappa shape index (κ3) is 5.42. The minimum atomic E-state index is -3.54. The summed E-state index contributed by atoms with van der Waals surface area (Å²) in [6, 6.07) is 5.06. The number of hydrogen-bond donors (Lipinski definition) is 1. The van der Waals surface area contributed by atoms with E-state index in [9.17, 15) is 13.2 Å². The van der Waals surface area contributed by atoms with E-state index in [0.29, 0.717) is 19.0 Å². The minimum absolute atomic E-state index is 0.0425. The highest BCUT2D eigenvalue weighted by molar-refractivity contribution is 7.89. The van der Waals surface area contributed by atoms with Crippen molar-refractivity contribution in [2.75, 3.05) is 19.6 Å². The van der Waals surface area contributed by atoms with Gasteiger partial charge in [-0.05, 0) is 43.0 Å². The number of hydrogen-bond acceptors (Lipinski definition) is 3. The van der Waals surface area contributed by atoms with Crippen LogP contribution < -0.4 is 4.72 Å². The maximum Gasteiger partial charge on any atom is 0.240 e. The van der Waals surface area contributed by atoms with Gasteiger partial charge in [-0.2, -0.15) is 0 Å². The van der Waals surface area contributed by atoms with Crippen molar-refractivity contribution in [1.82, 2.24) is 9.62 Å². The first kappa shape index (κ1) is 18.6. The number of carbonyl (C=O) groups excluding carboxylic acids is 1. The predicted molar refractivity (Wildman–Crippen MR) is 88.2 cm³/mol. The molecule has 0 atom stereocenters. The van der Waals surface area contributed by atoms with Crippen LogP contribution in [-0.4, -0.2) is 38.9 Å². The number of amides is 1. The summed E-state index contributed by atoms with van der Waals surface area (Å²) in [6.45, 7) is 10.6. The van der Waals surface area contributed by atoms with E-state index < -0.39 is 10.0 Å². The maximum absolute atomic E-state index is 12.3. The monoisotopic (exact) mass is 326 g/mol. The smallest absolute Gasteiger partial charge is 0.240 e. The highest BCUT2D eigenvalue weighted by Crippen LogP contribution is 2.14. The second kappa shape index (κ2) is 7.74. The van der Waals surface area contributed by atoms with E-state index in [1.54, 1.807) is 23.1 Å². The molecule has 0 aliphatic carbocycles. The van der Waals surface area contributed by atoms with Crippen LogP contribution in [0.3, 0.4) is 0 Å². The number of sulfonamides is 1. The molecule has 22 heavy (non-hydrogen) atoms. The fourth-order valence-corrected chi connectivity index (χ4v) is 3.20. The molecular weight excluding hydrogens is 300 g/mol. The second-order valence-electron chi connectivity index (χ2n) is 6.00. The van der Waals surface area contributed by atoms with Crippen molar-refractivity contribution in [2.45, 2.75) is 39.5 Å². The molecule has 1 amide bonds. The van der Waals surface area contributed by atoms with Crippen LogP contribution in [0.2, 0.25) is 0 Å². The quantitative estimate of drug-likeness (QED) is 0.834. The molecule has 0 aliphatic heterocycles. The number of benzene rings is 1. The van der Waals surface area contributed by atoms with Crippen molar-refractivity contribution >= 4 is 15.9 Å². The molecule has 1 aromatic rings. The lowest BCUT2D eigenvalue weighted by molar-refractivity contribution is -0.129. The van der Waals surface area contributed by atoms with Crippen LogP contribution in [0, 0.1) is 19.8 Å². The number of nitrogens with zero attached hydrogens (tertiary/aromatic N) is 1. The average Bonchev–Trinajstić information content (AvgIpc) is 2.39. The summed E-state index contributed by atoms with van der Waals surface area (Å²) < 4.78 is 27.1. The van der Waals surface area contributed by atoms with Gasteiger partial charge in [-0.25, -0.2) is 13.1 Å². The largest absolute Gasteiger partial charge is 0.341 e. The normalized spacial score (nSPS) is 11.7. The molecule has 1 rings (SSSR count). The third-order valence-electron chi connectivity index (χ3n) is 3.49. The Morgan fingerprint density at radius 2 is 1.86 bits per heavy atom. The van der Waals surface area contributed by atoms with E-state index in [1.165, 1.54) is 6.92 Å². The minimum Gasteiger partial charge on any atom is -0.341 e. The first-order chi connectivity index (χ1) is 10.1. The summed E-state index contributed by atoms with van der Waals surface area (Å²) in [5, 5.41) is 0. The van der Waals surface area contributed by atoms with Gasteiger partial charge in [0.15, 0.2) is 0 Å². The molecule has 5 nitrogen and oxygen atoms in total. The van der Waals surface area contributed by atoms with Crippen LogP contribution in [0.4, 0.5) is 0 Å². The van der Waals surface area contributed by atoms with Crippen LogP contribution in [0.25, 0.3) is 0 Å². The molecule has 0 spiro atoms. The Morgan fingerprint density at radius 1 is 1.23 bits per heavy atom. The lowest BCUT2D eigenvalue weighted by atomic mass is 10.1. The Bertz CT molecular complexity index is 624. The topological polar surface area (TPSA) is 66.5 Å². The molecule has 0 saturated carbocycles. The molecule has 1 aromatic carbocycles. The van der Waals surface area contributed by atoms with Gasteiger partial charge in [-0.15, -0.1) is 0 Å². The Kier molecular flexibility index (Phi) is 6.56. The SMILES string of the molecule is CC(=O)N(CCNS(=O)(=O)c1ccc(C)c(C)c1)CC(C)C. The van der Waals surface area contributed by atoms with E-state index in [2.05, 4.69) is 4.72 Å². The van der Waals surface area contributed by atoms with Gasteiger partial charge in [0.1, 0.15) is 0 Å². The Morgan fingerprint density at radius 3 is 2.36 bits per heavy atom. The van der Waals surface area contributed by atoms with Gasteiger partial charge in [0.2, 0.25) is 15.9 Å². The predicted octanol–water partition coefficient (Wildman–Crippen LogP) is 2.09. The first-order valence-electron chi connectivity index (χ1n) is 7.46. The molecular formula is C16H26N2O3S. The Labute approximate surface area is 133 Å². The van der Waals surface area contributed by atoms with E-state index in [4.69, 9.17) is 0 Å². The van der Waals surface area contributed by atoms with Crippen molar-refractivity contribution < 1.29 is 13.2 Å². The molecule has 0 fully saturated rings. The van der Waals surface area contributed by atoms with Crippen molar-refractivity contribution in [3.05, 3.63) is 29.3 Å². The van der Waals surface area contributed by atoms with E-state index in [-0.39, 0.29) is 17.3 Å². The van der Waals surface area contributed by atoms with Gasteiger partial charge in [0.05, 0.1) is 4.90 Å². The standard InChI is InChI=1S/C16H26N2O3S/c1-12(2)11-18(15(5)19)9-8-17-22(20,21)16-7-6-13(3)14(4)10-16/h6-7,10,12,17H,8-9,11H2,1-5H3. The zero-order valence-corrected chi connectivity index (χ0v) is 14.8. The molecule has 0 heterocycles. The summed E-state index contributed by atoms with van der Waals surface area (Å²) >= 11 is 0. The Balaban J connectivity index is 2.69. The van der Waals surface area contributed by atoms with Crippen molar-refractivity contribution in [3.8, 4) is 0 Å². The van der Waals surface area contributed by atoms with Crippen LogP contribution in [0.1, 0.15) is 31.9 Å². The number of aryl methyl sites for hydroxylation is 2. The molecule has 0 unspecified atom stereocenters. The lowest BCUT2D eigenvalue weighted by Crippen LogP contribution is -2.39. The molecule has 0 saturated heterocycles. The van der Waals surface area contributed by atoms with Crippen molar-refractivity contribution in [3.63, 3.8) is 0 Å². The fraction of sp³-hybridized carbons (Fsp3) is 0.562. The maximum atomic E-state index is 12.3. The molecule has 0 bridgehead atoms. The summed E-state index contributed by atoms with van der Waals surface area (Å²) in [6.07, 6.45) is 0. The van der Waals surface area contributed by atoms with Crippen molar-refractivity contribution in [1.29, 1.82) is 0 Å². The molecule has 0 aromatic heterocycles.